The van der Waals surface area contributed by atoms with E-state index in [1.165, 1.54) is 0 Å². The number of aryl methyl sites for hydroxylation is 1. The molecule has 0 radical (unpaired) electrons. The van der Waals surface area contributed by atoms with Gasteiger partial charge in [-0.2, -0.15) is 0 Å². The average molecular weight is 483 g/mol. The minimum atomic E-state index is -0.307. The van der Waals surface area contributed by atoms with E-state index in [4.69, 9.17) is 23.2 Å². The zero-order chi connectivity index (χ0) is 23.5. The van der Waals surface area contributed by atoms with E-state index in [0.29, 0.717) is 48.1 Å². The van der Waals surface area contributed by atoms with E-state index in [1.807, 2.05) is 31.2 Å². The van der Waals surface area contributed by atoms with E-state index in [0.717, 1.165) is 11.1 Å². The maximum atomic E-state index is 13.1. The van der Waals surface area contributed by atoms with Crippen LogP contribution in [0.5, 0.6) is 0 Å². The van der Waals surface area contributed by atoms with Gasteiger partial charge in [0.25, 0.3) is 11.5 Å². The maximum Gasteiger partial charge on any atom is 0.263 e. The number of pyridine rings is 1. The first-order valence-corrected chi connectivity index (χ1v) is 11.6. The van der Waals surface area contributed by atoms with E-state index >= 15 is 0 Å². The van der Waals surface area contributed by atoms with Gasteiger partial charge < -0.3 is 9.47 Å². The molecule has 1 saturated heterocycles. The van der Waals surface area contributed by atoms with Crippen molar-refractivity contribution in [2.45, 2.75) is 26.3 Å². The first-order valence-electron chi connectivity index (χ1n) is 10.9. The SMILES string of the molecule is Cc1cccc(Cn2cccc(C(=O)N3CCC(C(=O)c4ccc(Cl)c(Cl)c4)CC3)c2=O)c1. The van der Waals surface area contributed by atoms with Crippen molar-refractivity contribution in [2.75, 3.05) is 13.1 Å². The highest BCUT2D eigenvalue weighted by Gasteiger charge is 2.29. The number of nitrogens with zero attached hydrogens (tertiary/aromatic N) is 2. The van der Waals surface area contributed by atoms with Crippen LogP contribution in [-0.2, 0) is 6.54 Å². The Labute approximate surface area is 202 Å². The van der Waals surface area contributed by atoms with Crippen LogP contribution < -0.4 is 5.56 Å². The quantitative estimate of drug-likeness (QED) is 0.466. The molecule has 170 valence electrons. The van der Waals surface area contributed by atoms with Gasteiger partial charge in [-0.15, -0.1) is 0 Å². The van der Waals surface area contributed by atoms with E-state index in [9.17, 15) is 14.4 Å². The van der Waals surface area contributed by atoms with Crippen LogP contribution in [0.15, 0.2) is 65.6 Å². The summed E-state index contributed by atoms with van der Waals surface area (Å²) in [5.41, 5.74) is 2.49. The van der Waals surface area contributed by atoms with Crippen molar-refractivity contribution in [3.63, 3.8) is 0 Å². The summed E-state index contributed by atoms with van der Waals surface area (Å²) in [6.45, 7) is 3.25. The fourth-order valence-electron chi connectivity index (χ4n) is 4.23. The maximum absolute atomic E-state index is 13.1. The normalized spacial score (nSPS) is 14.3. The molecule has 3 aromatic rings. The number of benzene rings is 2. The zero-order valence-corrected chi connectivity index (χ0v) is 19.8. The van der Waals surface area contributed by atoms with Gasteiger partial charge in [0.1, 0.15) is 5.56 Å². The number of carbonyl (C=O) groups excluding carboxylic acids is 2. The van der Waals surface area contributed by atoms with Crippen LogP contribution in [-0.4, -0.2) is 34.2 Å². The number of ketones is 1. The van der Waals surface area contributed by atoms with Crippen molar-refractivity contribution in [1.29, 1.82) is 0 Å². The third-order valence-electron chi connectivity index (χ3n) is 6.04. The monoisotopic (exact) mass is 482 g/mol. The minimum absolute atomic E-state index is 0.000821. The Morgan fingerprint density at radius 1 is 0.970 bits per heavy atom. The van der Waals surface area contributed by atoms with E-state index < -0.39 is 0 Å². The molecule has 0 N–H and O–H groups in total. The molecule has 1 aromatic heterocycles. The predicted molar refractivity (Wildman–Crippen MR) is 130 cm³/mol. The van der Waals surface area contributed by atoms with E-state index in [1.54, 1.807) is 46.0 Å². The Bertz CT molecular complexity index is 1260. The first kappa shape index (κ1) is 23.3. The molecule has 2 heterocycles. The standard InChI is InChI=1S/C26H24Cl2N2O3/c1-17-4-2-5-18(14-17)16-30-11-3-6-21(26(30)33)25(32)29-12-9-19(10-13-29)24(31)20-7-8-22(27)23(28)15-20/h2-8,11,14-15,19H,9-10,12-13,16H2,1H3. The molecule has 33 heavy (non-hydrogen) atoms. The molecule has 0 atom stereocenters. The molecule has 0 unspecified atom stereocenters. The summed E-state index contributed by atoms with van der Waals surface area (Å²) in [5.74, 6) is -0.486. The van der Waals surface area contributed by atoms with Gasteiger partial charge in [0.15, 0.2) is 5.78 Å². The number of piperidine rings is 1. The number of hydrogen-bond donors (Lipinski definition) is 0. The zero-order valence-electron chi connectivity index (χ0n) is 18.3. The van der Waals surface area contributed by atoms with Crippen molar-refractivity contribution in [2.24, 2.45) is 5.92 Å². The number of carbonyl (C=O) groups is 2. The first-order chi connectivity index (χ1) is 15.8. The number of halogens is 2. The van der Waals surface area contributed by atoms with E-state index in [2.05, 4.69) is 0 Å². The topological polar surface area (TPSA) is 59.4 Å². The second kappa shape index (κ2) is 9.94. The second-order valence-electron chi connectivity index (χ2n) is 8.40. The molecule has 7 heteroatoms. The number of hydrogen-bond acceptors (Lipinski definition) is 3. The number of rotatable bonds is 5. The van der Waals surface area contributed by atoms with Crippen LogP contribution in [0.2, 0.25) is 10.0 Å². The largest absolute Gasteiger partial charge is 0.338 e. The summed E-state index contributed by atoms with van der Waals surface area (Å²) in [7, 11) is 0. The van der Waals surface area contributed by atoms with Crippen molar-refractivity contribution < 1.29 is 9.59 Å². The molecule has 1 aliphatic rings. The Kier molecular flexibility index (Phi) is 7.01. The van der Waals surface area contributed by atoms with Gasteiger partial charge in [-0.1, -0.05) is 53.0 Å². The van der Waals surface area contributed by atoms with Gasteiger partial charge in [-0.3, -0.25) is 14.4 Å². The van der Waals surface area contributed by atoms with Crippen LogP contribution in [0, 0.1) is 12.8 Å². The van der Waals surface area contributed by atoms with Gasteiger partial charge in [0.2, 0.25) is 0 Å². The molecule has 0 aliphatic carbocycles. The molecule has 1 aliphatic heterocycles. The lowest BCUT2D eigenvalue weighted by Gasteiger charge is -2.31. The Morgan fingerprint density at radius 3 is 2.42 bits per heavy atom. The Balaban J connectivity index is 1.44. The highest BCUT2D eigenvalue weighted by atomic mass is 35.5. The smallest absolute Gasteiger partial charge is 0.263 e. The molecule has 0 spiro atoms. The fraction of sp³-hybridized carbons (Fsp3) is 0.269. The van der Waals surface area contributed by atoms with Gasteiger partial charge >= 0.3 is 0 Å². The molecule has 0 bridgehead atoms. The van der Waals surface area contributed by atoms with Crippen LogP contribution in [0.1, 0.15) is 44.7 Å². The minimum Gasteiger partial charge on any atom is -0.338 e. The summed E-state index contributed by atoms with van der Waals surface area (Å²) < 4.78 is 1.56. The van der Waals surface area contributed by atoms with Crippen molar-refractivity contribution in [1.82, 2.24) is 9.47 Å². The lowest BCUT2D eigenvalue weighted by Crippen LogP contribution is -2.42. The predicted octanol–water partition coefficient (Wildman–Crippen LogP) is 5.25. The lowest BCUT2D eigenvalue weighted by molar-refractivity contribution is 0.0648. The van der Waals surface area contributed by atoms with Gasteiger partial charge in [0.05, 0.1) is 16.6 Å². The van der Waals surface area contributed by atoms with Crippen molar-refractivity contribution in [3.05, 3.63) is 103 Å². The highest BCUT2D eigenvalue weighted by Crippen LogP contribution is 2.27. The molecule has 5 nitrogen and oxygen atoms in total. The molecule has 1 amide bonds. The third kappa shape index (κ3) is 5.21. The summed E-state index contributed by atoms with van der Waals surface area (Å²) in [6, 6.07) is 16.1. The molecule has 1 fully saturated rings. The summed E-state index contributed by atoms with van der Waals surface area (Å²) in [6.07, 6.45) is 2.77. The average Bonchev–Trinajstić information content (AvgIpc) is 2.81. The lowest BCUT2D eigenvalue weighted by atomic mass is 9.88. The van der Waals surface area contributed by atoms with Crippen LogP contribution in [0.3, 0.4) is 0 Å². The van der Waals surface area contributed by atoms with Crippen LogP contribution in [0.4, 0.5) is 0 Å². The molecule has 0 saturated carbocycles. The van der Waals surface area contributed by atoms with Gasteiger partial charge in [0, 0.05) is 30.8 Å². The Hall–Kier alpha value is -2.89. The van der Waals surface area contributed by atoms with Gasteiger partial charge in [-0.05, 0) is 55.7 Å². The summed E-state index contributed by atoms with van der Waals surface area (Å²) in [4.78, 5) is 40.6. The van der Waals surface area contributed by atoms with Gasteiger partial charge in [-0.25, -0.2) is 0 Å². The summed E-state index contributed by atoms with van der Waals surface area (Å²) >= 11 is 12.0. The summed E-state index contributed by atoms with van der Waals surface area (Å²) in [5, 5.41) is 0.755. The second-order valence-corrected chi connectivity index (χ2v) is 9.22. The molecule has 4 rings (SSSR count). The van der Waals surface area contributed by atoms with Crippen LogP contribution in [0.25, 0.3) is 0 Å². The molecule has 2 aromatic carbocycles. The molecular weight excluding hydrogens is 459 g/mol. The van der Waals surface area contributed by atoms with Crippen molar-refractivity contribution in [3.8, 4) is 0 Å². The third-order valence-corrected chi connectivity index (χ3v) is 6.78. The fourth-order valence-corrected chi connectivity index (χ4v) is 4.53. The van der Waals surface area contributed by atoms with Crippen molar-refractivity contribution >= 4 is 34.9 Å². The number of likely N-dealkylation sites (tertiary alicyclic amines) is 1. The molecular formula is C26H24Cl2N2O3. The van der Waals surface area contributed by atoms with E-state index in [-0.39, 0.29) is 28.7 Å². The number of amides is 1. The Morgan fingerprint density at radius 2 is 1.73 bits per heavy atom. The highest BCUT2D eigenvalue weighted by molar-refractivity contribution is 6.42. The van der Waals surface area contributed by atoms with Crippen LogP contribution >= 0.6 is 23.2 Å². The number of aromatic nitrogens is 1. The number of Topliss-reactive ketones (excluding diaryl/α,β-unsaturated/α-hetero) is 1.